The van der Waals surface area contributed by atoms with Crippen LogP contribution >= 0.6 is 24.0 Å². The summed E-state index contributed by atoms with van der Waals surface area (Å²) >= 11 is 6.19. The summed E-state index contributed by atoms with van der Waals surface area (Å²) in [5.74, 6) is 2.24. The molecule has 1 unspecified atom stereocenters. The van der Waals surface area contributed by atoms with Gasteiger partial charge in [-0.3, -0.25) is 4.90 Å². The lowest BCUT2D eigenvalue weighted by Gasteiger charge is -2.30. The normalized spacial score (nSPS) is 20.3. The maximum Gasteiger partial charge on any atom is 0.258 e. The largest absolute Gasteiger partial charge is 0.454 e. The zero-order valence-electron chi connectivity index (χ0n) is 12.4. The van der Waals surface area contributed by atoms with Crippen molar-refractivity contribution in [3.8, 4) is 23.0 Å². The van der Waals surface area contributed by atoms with Crippen molar-refractivity contribution in [3.05, 3.63) is 23.0 Å². The summed E-state index contributed by atoms with van der Waals surface area (Å²) in [5.41, 5.74) is 0.722. The number of hydrogen-bond donors (Lipinski definition) is 1. The predicted octanol–water partition coefficient (Wildman–Crippen LogP) is 2.12. The highest BCUT2D eigenvalue weighted by Gasteiger charge is 2.26. The Morgan fingerprint density at radius 3 is 3.04 bits per heavy atom. The standard InChI is InChI=1S/C14H15ClN4O3.ClH/c1-19-3-2-16-6-10(19)13-17-14(22-18-13)8-4-9(15)12-11(5-8)20-7-21-12;/h4-5,10,16H,2-3,6-7H2,1H3;1H. The van der Waals surface area contributed by atoms with Gasteiger partial charge in [0.15, 0.2) is 17.3 Å². The van der Waals surface area contributed by atoms with Gasteiger partial charge in [0.05, 0.1) is 11.1 Å². The monoisotopic (exact) mass is 358 g/mol. The van der Waals surface area contributed by atoms with Crippen molar-refractivity contribution in [1.82, 2.24) is 20.4 Å². The molecule has 124 valence electrons. The number of rotatable bonds is 2. The maximum atomic E-state index is 6.19. The van der Waals surface area contributed by atoms with Gasteiger partial charge in [0.1, 0.15) is 0 Å². The van der Waals surface area contributed by atoms with Crippen LogP contribution in [-0.2, 0) is 0 Å². The number of halogens is 2. The fourth-order valence-electron chi connectivity index (χ4n) is 2.67. The first kappa shape index (κ1) is 16.3. The fraction of sp³-hybridized carbons (Fsp3) is 0.429. The van der Waals surface area contributed by atoms with E-state index in [-0.39, 0.29) is 25.2 Å². The molecule has 2 aliphatic rings. The van der Waals surface area contributed by atoms with E-state index in [1.54, 1.807) is 12.1 Å². The van der Waals surface area contributed by atoms with Crippen molar-refractivity contribution in [1.29, 1.82) is 0 Å². The molecule has 1 aromatic heterocycles. The van der Waals surface area contributed by atoms with E-state index in [2.05, 4.69) is 27.4 Å². The molecule has 1 atom stereocenters. The SMILES string of the molecule is CN1CCNCC1c1noc(-c2cc(Cl)c3c(c2)OCO3)n1.Cl. The summed E-state index contributed by atoms with van der Waals surface area (Å²) in [6.45, 7) is 2.89. The van der Waals surface area contributed by atoms with Crippen LogP contribution < -0.4 is 14.8 Å². The summed E-state index contributed by atoms with van der Waals surface area (Å²) in [7, 11) is 2.05. The number of fused-ring (bicyclic) bond motifs is 1. The van der Waals surface area contributed by atoms with Gasteiger partial charge in [-0.2, -0.15) is 4.98 Å². The Morgan fingerprint density at radius 1 is 1.35 bits per heavy atom. The smallest absolute Gasteiger partial charge is 0.258 e. The quantitative estimate of drug-likeness (QED) is 0.881. The predicted molar refractivity (Wildman–Crippen MR) is 86.4 cm³/mol. The number of nitrogens with one attached hydrogen (secondary N) is 1. The first-order chi connectivity index (χ1) is 10.7. The van der Waals surface area contributed by atoms with Gasteiger partial charge >= 0.3 is 0 Å². The lowest BCUT2D eigenvalue weighted by atomic mass is 10.2. The van der Waals surface area contributed by atoms with Crippen molar-refractivity contribution in [2.75, 3.05) is 33.5 Å². The molecular weight excluding hydrogens is 343 g/mol. The fourth-order valence-corrected chi connectivity index (χ4v) is 2.94. The van der Waals surface area contributed by atoms with E-state index in [9.17, 15) is 0 Å². The lowest BCUT2D eigenvalue weighted by Crippen LogP contribution is -2.44. The summed E-state index contributed by atoms with van der Waals surface area (Å²) in [6.07, 6.45) is 0. The molecule has 4 rings (SSSR count). The highest BCUT2D eigenvalue weighted by molar-refractivity contribution is 6.32. The van der Waals surface area contributed by atoms with Crippen molar-refractivity contribution in [3.63, 3.8) is 0 Å². The van der Waals surface area contributed by atoms with Crippen LogP contribution in [0.5, 0.6) is 11.5 Å². The second kappa shape index (κ2) is 6.52. The highest BCUT2D eigenvalue weighted by Crippen LogP contribution is 2.42. The number of benzene rings is 1. The van der Waals surface area contributed by atoms with Crippen LogP contribution in [0.2, 0.25) is 5.02 Å². The topological polar surface area (TPSA) is 72.7 Å². The lowest BCUT2D eigenvalue weighted by molar-refractivity contribution is 0.174. The molecule has 23 heavy (non-hydrogen) atoms. The van der Waals surface area contributed by atoms with E-state index in [4.69, 9.17) is 25.6 Å². The zero-order valence-corrected chi connectivity index (χ0v) is 14.0. The van der Waals surface area contributed by atoms with E-state index in [0.29, 0.717) is 28.2 Å². The molecule has 0 amide bonds. The summed E-state index contributed by atoms with van der Waals surface area (Å²) in [6, 6.07) is 3.65. The van der Waals surface area contributed by atoms with Crippen LogP contribution in [0.1, 0.15) is 11.9 Å². The van der Waals surface area contributed by atoms with Gasteiger partial charge in [-0.15, -0.1) is 12.4 Å². The Kier molecular flexibility index (Phi) is 4.63. The van der Waals surface area contributed by atoms with Crippen LogP contribution in [0, 0.1) is 0 Å². The van der Waals surface area contributed by atoms with Gasteiger partial charge in [0.2, 0.25) is 6.79 Å². The average molecular weight is 359 g/mol. The molecule has 1 aromatic carbocycles. The van der Waals surface area contributed by atoms with E-state index in [0.717, 1.165) is 25.2 Å². The number of hydrogen-bond acceptors (Lipinski definition) is 7. The number of nitrogens with zero attached hydrogens (tertiary/aromatic N) is 3. The van der Waals surface area contributed by atoms with E-state index >= 15 is 0 Å². The van der Waals surface area contributed by atoms with Crippen LogP contribution in [0.15, 0.2) is 16.7 Å². The molecule has 0 saturated carbocycles. The Balaban J connectivity index is 0.00000156. The van der Waals surface area contributed by atoms with Gasteiger partial charge in [-0.05, 0) is 19.2 Å². The molecule has 2 aromatic rings. The van der Waals surface area contributed by atoms with Crippen LogP contribution in [-0.4, -0.2) is 48.5 Å². The summed E-state index contributed by atoms with van der Waals surface area (Å²) in [5, 5.41) is 7.92. The first-order valence-corrected chi connectivity index (χ1v) is 7.44. The van der Waals surface area contributed by atoms with Gasteiger partial charge < -0.3 is 19.3 Å². The van der Waals surface area contributed by atoms with Crippen molar-refractivity contribution < 1.29 is 14.0 Å². The minimum Gasteiger partial charge on any atom is -0.454 e. The Morgan fingerprint density at radius 2 is 2.22 bits per heavy atom. The zero-order chi connectivity index (χ0) is 15.1. The molecule has 0 bridgehead atoms. The molecule has 0 spiro atoms. The molecule has 3 heterocycles. The van der Waals surface area contributed by atoms with Gasteiger partial charge in [0, 0.05) is 25.2 Å². The molecule has 7 nitrogen and oxygen atoms in total. The molecule has 0 radical (unpaired) electrons. The Bertz CT molecular complexity index is 709. The summed E-state index contributed by atoms with van der Waals surface area (Å²) in [4.78, 5) is 6.71. The second-order valence-electron chi connectivity index (χ2n) is 5.35. The van der Waals surface area contributed by atoms with E-state index in [1.807, 2.05) is 0 Å². The highest BCUT2D eigenvalue weighted by atomic mass is 35.5. The van der Waals surface area contributed by atoms with Gasteiger partial charge in [0.25, 0.3) is 5.89 Å². The molecular formula is C14H16Cl2N4O3. The average Bonchev–Trinajstić information content (AvgIpc) is 3.16. The molecule has 1 fully saturated rings. The summed E-state index contributed by atoms with van der Waals surface area (Å²) < 4.78 is 16.1. The van der Waals surface area contributed by atoms with Crippen molar-refractivity contribution in [2.24, 2.45) is 0 Å². The third-order valence-electron chi connectivity index (χ3n) is 3.92. The number of aromatic nitrogens is 2. The van der Waals surface area contributed by atoms with E-state index < -0.39 is 0 Å². The molecule has 9 heteroatoms. The van der Waals surface area contributed by atoms with Crippen LogP contribution in [0.25, 0.3) is 11.5 Å². The minimum absolute atomic E-state index is 0. The van der Waals surface area contributed by atoms with Crippen molar-refractivity contribution >= 4 is 24.0 Å². The van der Waals surface area contributed by atoms with Crippen LogP contribution in [0.3, 0.4) is 0 Å². The van der Waals surface area contributed by atoms with E-state index in [1.165, 1.54) is 0 Å². The molecule has 1 N–H and O–H groups in total. The second-order valence-corrected chi connectivity index (χ2v) is 5.76. The number of piperazine rings is 1. The molecule has 0 aliphatic carbocycles. The van der Waals surface area contributed by atoms with Crippen molar-refractivity contribution in [2.45, 2.75) is 6.04 Å². The minimum atomic E-state index is 0. The number of likely N-dealkylation sites (N-methyl/N-ethyl adjacent to an activating group) is 1. The Labute approximate surface area is 144 Å². The third-order valence-corrected chi connectivity index (χ3v) is 4.21. The van der Waals surface area contributed by atoms with Crippen LogP contribution in [0.4, 0.5) is 0 Å². The Hall–Kier alpha value is -1.54. The molecule has 1 saturated heterocycles. The maximum absolute atomic E-state index is 6.19. The molecule has 2 aliphatic heterocycles. The third kappa shape index (κ3) is 2.97. The first-order valence-electron chi connectivity index (χ1n) is 7.06. The van der Waals surface area contributed by atoms with Gasteiger partial charge in [-0.1, -0.05) is 16.8 Å². The number of ether oxygens (including phenoxy) is 2. The van der Waals surface area contributed by atoms with Gasteiger partial charge in [-0.25, -0.2) is 0 Å².